The van der Waals surface area contributed by atoms with Gasteiger partial charge in [0.2, 0.25) is 0 Å². The second-order valence-corrected chi connectivity index (χ2v) is 3.08. The summed E-state index contributed by atoms with van der Waals surface area (Å²) in [6.45, 7) is -5.48. The molecule has 1 unspecified atom stereocenters. The van der Waals surface area contributed by atoms with Gasteiger partial charge in [0.15, 0.2) is 0 Å². The summed E-state index contributed by atoms with van der Waals surface area (Å²) in [6.07, 6.45) is -2.59. The summed E-state index contributed by atoms with van der Waals surface area (Å²) < 4.78 is 46.6. The van der Waals surface area contributed by atoms with Crippen LogP contribution in [0, 0.1) is 0 Å². The van der Waals surface area contributed by atoms with Crippen LogP contribution >= 0.6 is 0 Å². The van der Waals surface area contributed by atoms with E-state index in [0.717, 1.165) is 5.56 Å². The van der Waals surface area contributed by atoms with Gasteiger partial charge in [0, 0.05) is 16.3 Å². The summed E-state index contributed by atoms with van der Waals surface area (Å²) in [5.41, 5.74) is 5.94. The molecule has 16 heavy (non-hydrogen) atoms. The molecule has 1 atom stereocenters. The molecule has 0 aliphatic rings. The summed E-state index contributed by atoms with van der Waals surface area (Å²) in [5, 5.41) is 9.66. The Labute approximate surface area is 103 Å². The average molecular weight is 230 g/mol. The third kappa shape index (κ3) is 4.61. The molecular formula is C12H19NO3. The number of nitrogens with two attached hydrogens (primary N) is 1. The average Bonchev–Trinajstić information content (AvgIpc) is 2.36. The smallest absolute Gasteiger partial charge is 0.119 e. The molecule has 0 saturated carbocycles. The van der Waals surface area contributed by atoms with Gasteiger partial charge in [0.1, 0.15) is 18.4 Å². The van der Waals surface area contributed by atoms with Gasteiger partial charge in [-0.1, -0.05) is 12.1 Å². The molecule has 1 aromatic rings. The first-order valence-electron chi connectivity index (χ1n) is 7.29. The van der Waals surface area contributed by atoms with Crippen LogP contribution in [0.4, 0.5) is 0 Å². The van der Waals surface area contributed by atoms with Crippen LogP contribution in [0.25, 0.3) is 0 Å². The normalized spacial score (nSPS) is 20.8. The first kappa shape index (κ1) is 7.27. The molecule has 0 saturated heterocycles. The molecule has 0 aliphatic carbocycles. The molecule has 0 amide bonds. The highest BCUT2D eigenvalue weighted by Crippen LogP contribution is 2.12. The molecule has 90 valence electrons. The minimum Gasteiger partial charge on any atom is -0.491 e. The maximum atomic E-state index is 9.66. The molecule has 0 aliphatic heterocycles. The second-order valence-electron chi connectivity index (χ2n) is 3.08. The van der Waals surface area contributed by atoms with Crippen molar-refractivity contribution >= 4 is 0 Å². The molecular weight excluding hydrogens is 206 g/mol. The molecule has 1 rings (SSSR count). The third-order valence-electron chi connectivity index (χ3n) is 1.92. The van der Waals surface area contributed by atoms with E-state index in [-0.39, 0.29) is 5.75 Å². The van der Waals surface area contributed by atoms with Crippen LogP contribution in [-0.4, -0.2) is 38.0 Å². The van der Waals surface area contributed by atoms with Gasteiger partial charge >= 0.3 is 0 Å². The monoisotopic (exact) mass is 230 g/mol. The maximum absolute atomic E-state index is 9.66. The fourth-order valence-corrected chi connectivity index (χ4v) is 1.08. The highest BCUT2D eigenvalue weighted by atomic mass is 16.5. The first-order valence-corrected chi connectivity index (χ1v) is 4.79. The zero-order chi connectivity index (χ0) is 16.3. The SMILES string of the molecule is [2H]C([2H])(N)C([2H])(O)C([2H])([2H])Oc1ccc(CCOC)cc1. The topological polar surface area (TPSA) is 64.7 Å². The number of rotatable bonds is 7. The largest absolute Gasteiger partial charge is 0.491 e. The van der Waals surface area contributed by atoms with Crippen LogP contribution in [0.1, 0.15) is 12.4 Å². The Morgan fingerprint density at radius 1 is 1.50 bits per heavy atom. The molecule has 0 bridgehead atoms. The van der Waals surface area contributed by atoms with Crippen molar-refractivity contribution in [1.82, 2.24) is 0 Å². The number of methoxy groups -OCH3 is 1. The Morgan fingerprint density at radius 3 is 2.75 bits per heavy atom. The van der Waals surface area contributed by atoms with Crippen LogP contribution in [0.5, 0.6) is 5.75 Å². The van der Waals surface area contributed by atoms with Crippen molar-refractivity contribution in [2.24, 2.45) is 5.73 Å². The van der Waals surface area contributed by atoms with Gasteiger partial charge in [-0.15, -0.1) is 0 Å². The van der Waals surface area contributed by atoms with Crippen molar-refractivity contribution < 1.29 is 21.4 Å². The van der Waals surface area contributed by atoms with Gasteiger partial charge in [-0.05, 0) is 24.1 Å². The van der Waals surface area contributed by atoms with E-state index in [2.05, 4.69) is 0 Å². The van der Waals surface area contributed by atoms with Crippen molar-refractivity contribution in [2.75, 3.05) is 26.8 Å². The Hall–Kier alpha value is -1.10. The van der Waals surface area contributed by atoms with E-state index in [1.54, 1.807) is 19.2 Å². The highest BCUT2D eigenvalue weighted by molar-refractivity contribution is 5.27. The molecule has 0 aromatic heterocycles. The lowest BCUT2D eigenvalue weighted by atomic mass is 10.1. The van der Waals surface area contributed by atoms with Crippen molar-refractivity contribution in [3.63, 3.8) is 0 Å². The predicted molar refractivity (Wildman–Crippen MR) is 62.6 cm³/mol. The van der Waals surface area contributed by atoms with Crippen LogP contribution in [0.3, 0.4) is 0 Å². The van der Waals surface area contributed by atoms with Gasteiger partial charge in [0.05, 0.1) is 10.7 Å². The molecule has 0 radical (unpaired) electrons. The summed E-state index contributed by atoms with van der Waals surface area (Å²) in [7, 11) is 1.59. The van der Waals surface area contributed by atoms with Crippen LogP contribution in [0.15, 0.2) is 24.3 Å². The Bertz CT molecular complexity index is 459. The summed E-state index contributed by atoms with van der Waals surface area (Å²) in [4.78, 5) is 0. The highest BCUT2D eigenvalue weighted by Gasteiger charge is 2.02. The third-order valence-corrected chi connectivity index (χ3v) is 1.92. The van der Waals surface area contributed by atoms with E-state index in [1.165, 1.54) is 12.1 Å². The molecule has 4 nitrogen and oxygen atoms in total. The fraction of sp³-hybridized carbons (Fsp3) is 0.500. The lowest BCUT2D eigenvalue weighted by molar-refractivity contribution is 0.114. The number of aliphatic hydroxyl groups is 1. The zero-order valence-corrected chi connectivity index (χ0v) is 9.06. The van der Waals surface area contributed by atoms with E-state index < -0.39 is 19.1 Å². The first-order chi connectivity index (χ1) is 9.51. The van der Waals surface area contributed by atoms with Gasteiger partial charge in [-0.25, -0.2) is 0 Å². The van der Waals surface area contributed by atoms with Crippen molar-refractivity contribution in [3.05, 3.63) is 29.8 Å². The quantitative estimate of drug-likeness (QED) is 0.719. The van der Waals surface area contributed by atoms with Crippen molar-refractivity contribution in [2.45, 2.75) is 12.5 Å². The lowest BCUT2D eigenvalue weighted by Gasteiger charge is -2.10. The van der Waals surface area contributed by atoms with Crippen LogP contribution in [0.2, 0.25) is 0 Å². The number of benzene rings is 1. The molecule has 4 heteroatoms. The minimum absolute atomic E-state index is 0.0519. The standard InChI is InChI=1S/C12H19NO3/c1-15-7-6-10-2-4-12(5-3-10)16-9-11(14)8-13/h2-5,11,14H,6-9,13H2,1H3/i8D2,9D2,11D. The minimum atomic E-state index is -3.27. The summed E-state index contributed by atoms with van der Waals surface area (Å²) >= 11 is 0. The van der Waals surface area contributed by atoms with Gasteiger partial charge in [0.25, 0.3) is 0 Å². The lowest BCUT2D eigenvalue weighted by Crippen LogP contribution is -2.26. The molecule has 0 spiro atoms. The van der Waals surface area contributed by atoms with E-state index in [1.807, 2.05) is 0 Å². The molecule has 0 fully saturated rings. The molecule has 3 N–H and O–H groups in total. The Morgan fingerprint density at radius 2 is 2.19 bits per heavy atom. The van der Waals surface area contributed by atoms with E-state index in [9.17, 15) is 5.11 Å². The van der Waals surface area contributed by atoms with E-state index in [0.29, 0.717) is 13.0 Å². The predicted octanol–water partition coefficient (Wildman–Crippen LogP) is 0.574. The maximum Gasteiger partial charge on any atom is 0.119 e. The van der Waals surface area contributed by atoms with Crippen LogP contribution in [-0.2, 0) is 11.2 Å². The van der Waals surface area contributed by atoms with Gasteiger partial charge < -0.3 is 20.3 Å². The molecule has 0 heterocycles. The van der Waals surface area contributed by atoms with Crippen molar-refractivity contribution in [3.8, 4) is 5.75 Å². The van der Waals surface area contributed by atoms with E-state index >= 15 is 0 Å². The van der Waals surface area contributed by atoms with Crippen molar-refractivity contribution in [1.29, 1.82) is 0 Å². The Balaban J connectivity index is 2.84. The summed E-state index contributed by atoms with van der Waals surface area (Å²) in [6, 6.07) is 6.30. The number of hydrogen-bond acceptors (Lipinski definition) is 4. The van der Waals surface area contributed by atoms with E-state index in [4.69, 9.17) is 22.1 Å². The number of hydrogen-bond donors (Lipinski definition) is 2. The fourth-order valence-electron chi connectivity index (χ4n) is 1.08. The van der Waals surface area contributed by atoms with Gasteiger partial charge in [-0.2, -0.15) is 0 Å². The zero-order valence-electron chi connectivity index (χ0n) is 14.1. The second kappa shape index (κ2) is 7.22. The number of ether oxygens (including phenoxy) is 2. The van der Waals surface area contributed by atoms with Crippen LogP contribution < -0.4 is 10.5 Å². The summed E-state index contributed by atoms with van der Waals surface area (Å²) in [5.74, 6) is 0.0519. The molecule has 1 aromatic carbocycles. The Kier molecular flexibility index (Phi) is 3.28. The van der Waals surface area contributed by atoms with Gasteiger partial charge in [-0.3, -0.25) is 0 Å².